The SMILES string of the molecule is CCCC[C@H](NC(=O)[C@@H]1[C@@H]2[C@H](CN1C(=O)[C@@H](NC(=O)NC1(CS(=O)(=O)N(CC)CC)CCCCC1)C1CCCCC1)C2(C)C)C(=O)C(=O)NC1CC1. The second-order valence-electron chi connectivity index (χ2n) is 16.9. The number of carbonyl (C=O) groups excluding carboxylic acids is 5. The summed E-state index contributed by atoms with van der Waals surface area (Å²) in [5.41, 5.74) is -1.13. The molecule has 0 aromatic rings. The van der Waals surface area contributed by atoms with Crippen LogP contribution in [-0.4, -0.2) is 102 Å². The Morgan fingerprint density at radius 1 is 0.865 bits per heavy atom. The highest BCUT2D eigenvalue weighted by Crippen LogP contribution is 2.65. The van der Waals surface area contributed by atoms with Crippen LogP contribution >= 0.6 is 0 Å². The summed E-state index contributed by atoms with van der Waals surface area (Å²) < 4.78 is 28.4. The van der Waals surface area contributed by atoms with Crippen LogP contribution in [0, 0.1) is 23.2 Å². The van der Waals surface area contributed by atoms with Crippen molar-refractivity contribution in [1.29, 1.82) is 0 Å². The van der Waals surface area contributed by atoms with Crippen molar-refractivity contribution in [3.63, 3.8) is 0 Å². The summed E-state index contributed by atoms with van der Waals surface area (Å²) >= 11 is 0. The summed E-state index contributed by atoms with van der Waals surface area (Å²) in [5.74, 6) is -2.44. The Morgan fingerprint density at radius 3 is 2.10 bits per heavy atom. The molecule has 4 saturated carbocycles. The van der Waals surface area contributed by atoms with E-state index in [1.165, 1.54) is 4.31 Å². The first-order valence-corrected chi connectivity index (χ1v) is 21.8. The van der Waals surface area contributed by atoms with Crippen LogP contribution in [0.4, 0.5) is 4.79 Å². The zero-order valence-electron chi connectivity index (χ0n) is 32.1. The number of nitrogens with one attached hydrogen (secondary N) is 4. The molecular weight excluding hydrogens is 685 g/mol. The number of urea groups is 1. The van der Waals surface area contributed by atoms with Gasteiger partial charge >= 0.3 is 6.03 Å². The summed E-state index contributed by atoms with van der Waals surface area (Å²) in [5, 5.41) is 11.8. The minimum atomic E-state index is -3.64. The van der Waals surface area contributed by atoms with Crippen LogP contribution in [0.1, 0.15) is 131 Å². The molecule has 0 bridgehead atoms. The van der Waals surface area contributed by atoms with Crippen molar-refractivity contribution in [1.82, 2.24) is 30.5 Å². The first kappa shape index (κ1) is 40.4. The summed E-state index contributed by atoms with van der Waals surface area (Å²) in [4.78, 5) is 70.6. The molecule has 52 heavy (non-hydrogen) atoms. The van der Waals surface area contributed by atoms with Gasteiger partial charge in [-0.25, -0.2) is 17.5 Å². The number of likely N-dealkylation sites (tertiary alicyclic amines) is 1. The number of ketones is 1. The topological polar surface area (TPSA) is 174 Å². The van der Waals surface area contributed by atoms with E-state index >= 15 is 0 Å². The summed E-state index contributed by atoms with van der Waals surface area (Å²) in [6.45, 7) is 10.8. The van der Waals surface area contributed by atoms with Crippen molar-refractivity contribution >= 4 is 39.6 Å². The van der Waals surface area contributed by atoms with Crippen molar-refractivity contribution in [3.05, 3.63) is 0 Å². The van der Waals surface area contributed by atoms with Gasteiger partial charge in [0.1, 0.15) is 12.1 Å². The highest BCUT2D eigenvalue weighted by molar-refractivity contribution is 7.89. The molecule has 4 N–H and O–H groups in total. The molecule has 5 amide bonds. The van der Waals surface area contributed by atoms with E-state index < -0.39 is 57.3 Å². The van der Waals surface area contributed by atoms with Crippen LogP contribution in [0.3, 0.4) is 0 Å². The Kier molecular flexibility index (Phi) is 13.0. The molecule has 14 heteroatoms. The summed E-state index contributed by atoms with van der Waals surface area (Å²) in [6.07, 6.45) is 11.5. The van der Waals surface area contributed by atoms with Gasteiger partial charge in [-0.2, -0.15) is 0 Å². The van der Waals surface area contributed by atoms with Crippen LogP contribution in [0.2, 0.25) is 0 Å². The van der Waals surface area contributed by atoms with Gasteiger partial charge in [0, 0.05) is 25.7 Å². The van der Waals surface area contributed by atoms with Gasteiger partial charge in [-0.05, 0) is 68.1 Å². The second kappa shape index (κ2) is 16.7. The average Bonchev–Trinajstić information content (AvgIpc) is 3.96. The van der Waals surface area contributed by atoms with Gasteiger partial charge in [0.2, 0.25) is 27.6 Å². The lowest BCUT2D eigenvalue weighted by Crippen LogP contribution is -2.63. The number of rotatable bonds is 17. The average molecular weight is 749 g/mol. The maximum Gasteiger partial charge on any atom is 0.315 e. The zero-order valence-corrected chi connectivity index (χ0v) is 33.0. The molecule has 0 aromatic heterocycles. The molecule has 5 rings (SSSR count). The highest BCUT2D eigenvalue weighted by atomic mass is 32.2. The lowest BCUT2D eigenvalue weighted by molar-refractivity contribution is -0.145. The molecule has 0 unspecified atom stereocenters. The van der Waals surface area contributed by atoms with E-state index in [9.17, 15) is 32.4 Å². The molecule has 0 spiro atoms. The highest BCUT2D eigenvalue weighted by Gasteiger charge is 2.69. The fourth-order valence-electron chi connectivity index (χ4n) is 9.43. The minimum Gasteiger partial charge on any atom is -0.347 e. The fourth-order valence-corrected chi connectivity index (χ4v) is 11.5. The van der Waals surface area contributed by atoms with Gasteiger partial charge in [-0.3, -0.25) is 19.2 Å². The monoisotopic (exact) mass is 748 g/mol. The van der Waals surface area contributed by atoms with E-state index in [1.807, 2.05) is 6.92 Å². The number of carbonyl (C=O) groups is 5. The van der Waals surface area contributed by atoms with Crippen LogP contribution in [0.25, 0.3) is 0 Å². The van der Waals surface area contributed by atoms with Crippen molar-refractivity contribution < 1.29 is 32.4 Å². The normalized spacial score (nSPS) is 26.5. The summed E-state index contributed by atoms with van der Waals surface area (Å²) in [6, 6.07) is -3.26. The molecule has 5 atom stereocenters. The maximum absolute atomic E-state index is 14.7. The van der Waals surface area contributed by atoms with Gasteiger partial charge in [-0.1, -0.05) is 86.0 Å². The molecule has 1 aliphatic heterocycles. The molecule has 0 aromatic carbocycles. The number of sulfonamides is 1. The van der Waals surface area contributed by atoms with Crippen LogP contribution in [0.15, 0.2) is 0 Å². The molecule has 0 radical (unpaired) electrons. The number of hydrogen-bond acceptors (Lipinski definition) is 7. The van der Waals surface area contributed by atoms with Gasteiger partial charge in [0.25, 0.3) is 5.91 Å². The maximum atomic E-state index is 14.7. The van der Waals surface area contributed by atoms with Crippen molar-refractivity contribution in [2.45, 2.75) is 161 Å². The molecular formula is C38H64N6O7S. The first-order chi connectivity index (χ1) is 24.7. The van der Waals surface area contributed by atoms with E-state index in [4.69, 9.17) is 0 Å². The first-order valence-electron chi connectivity index (χ1n) is 20.2. The zero-order chi connectivity index (χ0) is 37.8. The molecule has 294 valence electrons. The number of nitrogens with zero attached hydrogens (tertiary/aromatic N) is 2. The van der Waals surface area contributed by atoms with Crippen molar-refractivity contribution in [2.24, 2.45) is 23.2 Å². The number of piperidine rings is 1. The summed E-state index contributed by atoms with van der Waals surface area (Å²) in [7, 11) is -3.64. The fraction of sp³-hybridized carbons (Fsp3) is 0.868. The number of amides is 5. The van der Waals surface area contributed by atoms with E-state index in [0.29, 0.717) is 45.3 Å². The third-order valence-corrected chi connectivity index (χ3v) is 15.0. The Balaban J connectivity index is 1.36. The number of fused-ring (bicyclic) bond motifs is 1. The minimum absolute atomic E-state index is 0.0103. The molecule has 1 heterocycles. The second-order valence-corrected chi connectivity index (χ2v) is 18.8. The van der Waals surface area contributed by atoms with Crippen molar-refractivity contribution in [3.8, 4) is 0 Å². The van der Waals surface area contributed by atoms with Gasteiger partial charge in [-0.15, -0.1) is 0 Å². The Labute approximate surface area is 311 Å². The predicted octanol–water partition coefficient (Wildman–Crippen LogP) is 3.61. The Hall–Kier alpha value is -2.74. The van der Waals surface area contributed by atoms with Gasteiger partial charge in [0.05, 0.1) is 17.3 Å². The molecule has 5 fully saturated rings. The van der Waals surface area contributed by atoms with E-state index in [0.717, 1.165) is 70.6 Å². The number of unbranched alkanes of at least 4 members (excludes halogenated alkanes) is 1. The standard InChI is InChI=1S/C38H64N6O7S/c1-6-9-18-28(32(45)34(47)39-26-19-20-26)40-33(46)31-29-27(37(29,4)5)23-44(31)35(48)30(25-16-12-10-13-17-25)41-36(49)42-38(21-14-11-15-22-38)24-52(50,51)43(7-2)8-3/h25-31H,6-24H2,1-5H3,(H,39,47)(H,40,46)(H2,41,42,49)/t27-,28-,29-,30-,31-/m0/s1. The van der Waals surface area contributed by atoms with Crippen LogP contribution < -0.4 is 21.3 Å². The van der Waals surface area contributed by atoms with Gasteiger partial charge in [0.15, 0.2) is 0 Å². The lowest BCUT2D eigenvalue weighted by atomic mass is 9.82. The Bertz CT molecular complexity index is 1430. The third-order valence-electron chi connectivity index (χ3n) is 12.8. The van der Waals surface area contributed by atoms with E-state index in [1.54, 1.807) is 18.7 Å². The Morgan fingerprint density at radius 2 is 1.50 bits per heavy atom. The van der Waals surface area contributed by atoms with E-state index in [2.05, 4.69) is 35.1 Å². The predicted molar refractivity (Wildman–Crippen MR) is 198 cm³/mol. The smallest absolute Gasteiger partial charge is 0.315 e. The van der Waals surface area contributed by atoms with E-state index in [-0.39, 0.29) is 40.9 Å². The number of Topliss-reactive ketones (excluding diaryl/α,β-unsaturated/α-hetero) is 1. The van der Waals surface area contributed by atoms with Crippen molar-refractivity contribution in [2.75, 3.05) is 25.4 Å². The van der Waals surface area contributed by atoms with Crippen LogP contribution in [0.5, 0.6) is 0 Å². The number of hydrogen-bond donors (Lipinski definition) is 4. The van der Waals surface area contributed by atoms with Crippen LogP contribution in [-0.2, 0) is 29.2 Å². The largest absolute Gasteiger partial charge is 0.347 e. The quantitative estimate of drug-likeness (QED) is 0.165. The lowest BCUT2D eigenvalue weighted by Gasteiger charge is -2.40. The third kappa shape index (κ3) is 9.13. The van der Waals surface area contributed by atoms with Gasteiger partial charge < -0.3 is 26.2 Å². The molecule has 1 saturated heterocycles. The molecule has 5 aliphatic rings. The molecule has 4 aliphatic carbocycles. The molecule has 13 nitrogen and oxygen atoms in total.